The minimum Gasteiger partial charge on any atom is -0.453 e. The van der Waals surface area contributed by atoms with Crippen LogP contribution in [0.5, 0.6) is 0 Å². The fourth-order valence-corrected chi connectivity index (χ4v) is 2.65. The van der Waals surface area contributed by atoms with E-state index in [1.165, 1.54) is 12.8 Å². The third kappa shape index (κ3) is 5.05. The number of carbonyl (C=O) groups is 2. The van der Waals surface area contributed by atoms with Gasteiger partial charge in [0.15, 0.2) is 6.10 Å². The number of anilines is 1. The van der Waals surface area contributed by atoms with E-state index in [0.717, 1.165) is 12.8 Å². The lowest BCUT2D eigenvalue weighted by molar-refractivity contribution is -0.154. The summed E-state index contributed by atoms with van der Waals surface area (Å²) in [5, 5.41) is 3.29. The summed E-state index contributed by atoms with van der Waals surface area (Å²) in [6.45, 7) is 1.58. The van der Waals surface area contributed by atoms with Gasteiger partial charge in [0.2, 0.25) is 0 Å². The van der Waals surface area contributed by atoms with Crippen LogP contribution in [0.15, 0.2) is 24.3 Å². The zero-order valence-corrected chi connectivity index (χ0v) is 12.9. The van der Waals surface area contributed by atoms with E-state index in [-0.39, 0.29) is 11.9 Å². The summed E-state index contributed by atoms with van der Waals surface area (Å²) in [6.07, 6.45) is 4.16. The number of hydrogen-bond acceptors (Lipinski definition) is 3. The molecule has 1 aromatic carbocycles. The molecule has 1 fully saturated rings. The predicted octanol–water partition coefficient (Wildman–Crippen LogP) is 3.79. The molecule has 1 aliphatic rings. The van der Waals surface area contributed by atoms with Gasteiger partial charge in [0.1, 0.15) is 0 Å². The van der Waals surface area contributed by atoms with Gasteiger partial charge in [-0.2, -0.15) is 0 Å². The lowest BCUT2D eigenvalue weighted by Gasteiger charge is -2.15. The van der Waals surface area contributed by atoms with E-state index in [9.17, 15) is 9.59 Å². The number of esters is 1. The van der Waals surface area contributed by atoms with Crippen molar-refractivity contribution < 1.29 is 14.3 Å². The minimum atomic E-state index is -0.797. The quantitative estimate of drug-likeness (QED) is 0.842. The molecule has 0 radical (unpaired) electrons. The number of rotatable bonds is 5. The lowest BCUT2D eigenvalue weighted by atomic mass is 10.0. The Labute approximate surface area is 129 Å². The van der Waals surface area contributed by atoms with Crippen LogP contribution < -0.4 is 5.32 Å². The number of nitrogens with one attached hydrogen (secondary N) is 1. The summed E-state index contributed by atoms with van der Waals surface area (Å²) < 4.78 is 5.19. The van der Waals surface area contributed by atoms with Crippen LogP contribution in [0.3, 0.4) is 0 Å². The number of benzene rings is 1. The molecular weight excluding hydrogens is 290 g/mol. The second-order valence-electron chi connectivity index (χ2n) is 5.48. The summed E-state index contributed by atoms with van der Waals surface area (Å²) in [5.74, 6) is -0.207. The molecule has 0 aromatic heterocycles. The molecule has 0 unspecified atom stereocenters. The van der Waals surface area contributed by atoms with Crippen molar-refractivity contribution in [1.29, 1.82) is 0 Å². The molecule has 0 spiro atoms. The van der Waals surface area contributed by atoms with Crippen molar-refractivity contribution in [1.82, 2.24) is 0 Å². The number of carbonyl (C=O) groups excluding carboxylic acids is 2. The molecule has 0 heterocycles. The summed E-state index contributed by atoms with van der Waals surface area (Å²) in [6, 6.07) is 6.78. The molecule has 5 heteroatoms. The summed E-state index contributed by atoms with van der Waals surface area (Å²) in [5.41, 5.74) is 0.628. The van der Waals surface area contributed by atoms with E-state index in [2.05, 4.69) is 5.32 Å². The first-order valence-corrected chi connectivity index (χ1v) is 7.68. The average molecular weight is 310 g/mol. The van der Waals surface area contributed by atoms with Gasteiger partial charge in [-0.05, 0) is 49.9 Å². The summed E-state index contributed by atoms with van der Waals surface area (Å²) in [7, 11) is 0. The summed E-state index contributed by atoms with van der Waals surface area (Å²) in [4.78, 5) is 23.7. The van der Waals surface area contributed by atoms with Crippen LogP contribution in [0.2, 0.25) is 5.02 Å². The zero-order valence-electron chi connectivity index (χ0n) is 12.1. The van der Waals surface area contributed by atoms with E-state index in [1.807, 2.05) is 0 Å². The molecule has 1 atom stereocenters. The van der Waals surface area contributed by atoms with Crippen molar-refractivity contribution in [3.05, 3.63) is 29.3 Å². The van der Waals surface area contributed by atoms with Gasteiger partial charge in [-0.25, -0.2) is 0 Å². The van der Waals surface area contributed by atoms with Gasteiger partial charge in [-0.1, -0.05) is 24.4 Å². The van der Waals surface area contributed by atoms with Gasteiger partial charge in [-0.3, -0.25) is 9.59 Å². The maximum atomic E-state index is 11.9. The number of amides is 1. The number of ether oxygens (including phenoxy) is 1. The Bertz CT molecular complexity index is 495. The first kappa shape index (κ1) is 15.8. The van der Waals surface area contributed by atoms with Crippen molar-refractivity contribution >= 4 is 29.2 Å². The van der Waals surface area contributed by atoms with Crippen molar-refractivity contribution in [2.75, 3.05) is 5.32 Å². The average Bonchev–Trinajstić information content (AvgIpc) is 2.94. The molecule has 1 aromatic rings. The first-order valence-electron chi connectivity index (χ1n) is 7.30. The minimum absolute atomic E-state index is 0.291. The molecular formula is C16H20ClNO3. The molecule has 1 amide bonds. The lowest BCUT2D eigenvalue weighted by Crippen LogP contribution is -2.30. The van der Waals surface area contributed by atoms with Gasteiger partial charge < -0.3 is 10.1 Å². The maximum absolute atomic E-state index is 11.9. The Kier molecular flexibility index (Phi) is 5.62. The predicted molar refractivity (Wildman–Crippen MR) is 82.2 cm³/mol. The molecule has 1 N–H and O–H groups in total. The Hall–Kier alpha value is -1.55. The normalized spacial score (nSPS) is 16.5. The highest BCUT2D eigenvalue weighted by atomic mass is 35.5. The van der Waals surface area contributed by atoms with E-state index >= 15 is 0 Å². The molecule has 114 valence electrons. The van der Waals surface area contributed by atoms with Crippen molar-refractivity contribution in [3.63, 3.8) is 0 Å². The van der Waals surface area contributed by atoms with E-state index in [0.29, 0.717) is 23.0 Å². The SMILES string of the molecule is C[C@H](OC(=O)CC1CCCC1)C(=O)Nc1ccc(Cl)cc1. The highest BCUT2D eigenvalue weighted by Gasteiger charge is 2.22. The van der Waals surface area contributed by atoms with Crippen molar-refractivity contribution in [3.8, 4) is 0 Å². The van der Waals surface area contributed by atoms with Gasteiger partial charge in [0.05, 0.1) is 0 Å². The van der Waals surface area contributed by atoms with E-state index in [4.69, 9.17) is 16.3 Å². The number of halogens is 1. The second-order valence-corrected chi connectivity index (χ2v) is 5.92. The fourth-order valence-electron chi connectivity index (χ4n) is 2.53. The standard InChI is InChI=1S/C16H20ClNO3/c1-11(21-15(19)10-12-4-2-3-5-12)16(20)18-14-8-6-13(17)7-9-14/h6-9,11-12H,2-5,10H2,1H3,(H,18,20)/t11-/m0/s1. The third-order valence-corrected chi connectivity index (χ3v) is 3.97. The van der Waals surface area contributed by atoms with Crippen molar-refractivity contribution in [2.24, 2.45) is 5.92 Å². The Morgan fingerprint density at radius 3 is 2.52 bits per heavy atom. The molecule has 0 aliphatic heterocycles. The Balaban J connectivity index is 1.78. The molecule has 0 saturated heterocycles. The van der Waals surface area contributed by atoms with Gasteiger partial charge in [-0.15, -0.1) is 0 Å². The third-order valence-electron chi connectivity index (χ3n) is 3.72. The van der Waals surface area contributed by atoms with Gasteiger partial charge >= 0.3 is 5.97 Å². The highest BCUT2D eigenvalue weighted by Crippen LogP contribution is 2.27. The van der Waals surface area contributed by atoms with E-state index < -0.39 is 6.10 Å². The van der Waals surface area contributed by atoms with Crippen molar-refractivity contribution in [2.45, 2.75) is 45.1 Å². The van der Waals surface area contributed by atoms with Crippen LogP contribution in [0, 0.1) is 5.92 Å². The molecule has 0 bridgehead atoms. The first-order chi connectivity index (χ1) is 10.0. The smallest absolute Gasteiger partial charge is 0.306 e. The molecule has 2 rings (SSSR count). The van der Waals surface area contributed by atoms with Gasteiger partial charge in [0.25, 0.3) is 5.91 Å². The van der Waals surface area contributed by atoms with Crippen LogP contribution in [0.1, 0.15) is 39.0 Å². The van der Waals surface area contributed by atoms with Crippen LogP contribution >= 0.6 is 11.6 Å². The van der Waals surface area contributed by atoms with Crippen LogP contribution in [-0.2, 0) is 14.3 Å². The summed E-state index contributed by atoms with van der Waals surface area (Å²) >= 11 is 5.78. The monoisotopic (exact) mass is 309 g/mol. The molecule has 21 heavy (non-hydrogen) atoms. The van der Waals surface area contributed by atoms with Crippen LogP contribution in [0.25, 0.3) is 0 Å². The largest absolute Gasteiger partial charge is 0.453 e. The number of hydrogen-bond donors (Lipinski definition) is 1. The Morgan fingerprint density at radius 1 is 1.29 bits per heavy atom. The molecule has 1 aliphatic carbocycles. The highest BCUT2D eigenvalue weighted by molar-refractivity contribution is 6.30. The van der Waals surface area contributed by atoms with E-state index in [1.54, 1.807) is 31.2 Å². The Morgan fingerprint density at radius 2 is 1.90 bits per heavy atom. The topological polar surface area (TPSA) is 55.4 Å². The molecule has 1 saturated carbocycles. The van der Waals surface area contributed by atoms with Crippen LogP contribution in [0.4, 0.5) is 5.69 Å². The molecule has 4 nitrogen and oxygen atoms in total. The second kappa shape index (κ2) is 7.46. The zero-order chi connectivity index (χ0) is 15.2. The van der Waals surface area contributed by atoms with Crippen LogP contribution in [-0.4, -0.2) is 18.0 Å². The fraction of sp³-hybridized carbons (Fsp3) is 0.500. The van der Waals surface area contributed by atoms with Gasteiger partial charge in [0, 0.05) is 17.1 Å². The maximum Gasteiger partial charge on any atom is 0.306 e.